The summed E-state index contributed by atoms with van der Waals surface area (Å²) >= 11 is 5.98. The summed E-state index contributed by atoms with van der Waals surface area (Å²) in [5, 5.41) is 11.6. The van der Waals surface area contributed by atoms with E-state index in [2.05, 4.69) is 0 Å². The molecule has 1 heterocycles. The van der Waals surface area contributed by atoms with Gasteiger partial charge < -0.3 is 9.15 Å². The summed E-state index contributed by atoms with van der Waals surface area (Å²) < 4.78 is 11.7. The number of fused-ring (bicyclic) bond motifs is 1. The van der Waals surface area contributed by atoms with Crippen LogP contribution in [0.4, 0.5) is 5.69 Å². The summed E-state index contributed by atoms with van der Waals surface area (Å²) in [7, 11) is 0. The van der Waals surface area contributed by atoms with Crippen LogP contribution in [0.2, 0.25) is 5.02 Å². The van der Waals surface area contributed by atoms with Crippen LogP contribution in [0.15, 0.2) is 75.9 Å². The van der Waals surface area contributed by atoms with Gasteiger partial charge in [-0.2, -0.15) is 0 Å². The van der Waals surface area contributed by atoms with E-state index >= 15 is 0 Å². The number of hydrogen-bond donors (Lipinski definition) is 0. The largest absolute Gasteiger partial charge is 0.478 e. The Morgan fingerprint density at radius 3 is 2.41 bits per heavy atom. The van der Waals surface area contributed by atoms with Gasteiger partial charge in [-0.05, 0) is 61.0 Å². The number of halogens is 1. The van der Waals surface area contributed by atoms with Gasteiger partial charge in [0.1, 0.15) is 5.58 Å². The number of Topliss-reactive ketones (excluding diaryl/α,β-unsaturated/α-hetero) is 1. The first-order valence-corrected chi connectivity index (χ1v) is 9.95. The summed E-state index contributed by atoms with van der Waals surface area (Å²) in [5.41, 5.74) is 1.57. The molecule has 4 aromatic rings. The number of carbonyl (C=O) groups is 1. The lowest BCUT2D eigenvalue weighted by Gasteiger charge is -2.12. The predicted molar refractivity (Wildman–Crippen MR) is 121 cm³/mol. The van der Waals surface area contributed by atoms with Gasteiger partial charge in [0.25, 0.3) is 5.69 Å². The van der Waals surface area contributed by atoms with Crippen molar-refractivity contribution in [2.45, 2.75) is 6.92 Å². The average molecular weight is 450 g/mol. The van der Waals surface area contributed by atoms with Crippen LogP contribution in [0.25, 0.3) is 22.3 Å². The van der Waals surface area contributed by atoms with Gasteiger partial charge in [0.2, 0.25) is 11.2 Å². The van der Waals surface area contributed by atoms with E-state index in [1.54, 1.807) is 42.5 Å². The van der Waals surface area contributed by atoms with Crippen molar-refractivity contribution in [3.05, 3.63) is 103 Å². The Labute approximate surface area is 187 Å². The molecule has 0 unspecified atom stereocenters. The fourth-order valence-corrected chi connectivity index (χ4v) is 3.32. The van der Waals surface area contributed by atoms with Crippen LogP contribution in [0.1, 0.15) is 15.9 Å². The number of hydrogen-bond acceptors (Lipinski definition) is 6. The van der Waals surface area contributed by atoms with Crippen molar-refractivity contribution >= 4 is 34.0 Å². The maximum atomic E-state index is 13.2. The molecule has 32 heavy (non-hydrogen) atoms. The number of aryl methyl sites for hydroxylation is 1. The SMILES string of the molecule is Cc1ccc2c(=O)c(OCC(=O)c3ccc([N+](=O)[O-])cc3)c(-c3ccc(Cl)cc3)oc2c1. The van der Waals surface area contributed by atoms with Crippen LogP contribution >= 0.6 is 11.6 Å². The van der Waals surface area contributed by atoms with Gasteiger partial charge in [0, 0.05) is 28.3 Å². The number of benzene rings is 3. The molecule has 0 N–H and O–H groups in total. The molecule has 4 rings (SSSR count). The molecule has 0 atom stereocenters. The second-order valence-corrected chi connectivity index (χ2v) is 7.55. The van der Waals surface area contributed by atoms with E-state index in [4.69, 9.17) is 20.8 Å². The lowest BCUT2D eigenvalue weighted by molar-refractivity contribution is -0.384. The number of nitro benzene ring substituents is 1. The van der Waals surface area contributed by atoms with E-state index in [1.807, 2.05) is 6.92 Å². The number of ketones is 1. The maximum absolute atomic E-state index is 13.2. The monoisotopic (exact) mass is 449 g/mol. The van der Waals surface area contributed by atoms with Crippen LogP contribution in [0.5, 0.6) is 5.75 Å². The number of rotatable bonds is 6. The van der Waals surface area contributed by atoms with E-state index < -0.39 is 22.7 Å². The third kappa shape index (κ3) is 4.24. The molecule has 1 aromatic heterocycles. The lowest BCUT2D eigenvalue weighted by Crippen LogP contribution is -2.17. The molecule has 0 aliphatic rings. The first-order valence-electron chi connectivity index (χ1n) is 9.57. The zero-order valence-corrected chi connectivity index (χ0v) is 17.6. The molecule has 0 saturated heterocycles. The highest BCUT2D eigenvalue weighted by atomic mass is 35.5. The van der Waals surface area contributed by atoms with E-state index in [0.717, 1.165) is 5.56 Å². The highest BCUT2D eigenvalue weighted by Crippen LogP contribution is 2.32. The smallest absolute Gasteiger partial charge is 0.269 e. The second-order valence-electron chi connectivity index (χ2n) is 7.11. The fourth-order valence-electron chi connectivity index (χ4n) is 3.20. The molecule has 0 saturated carbocycles. The van der Waals surface area contributed by atoms with Crippen molar-refractivity contribution < 1.29 is 18.9 Å². The highest BCUT2D eigenvalue weighted by Gasteiger charge is 2.20. The lowest BCUT2D eigenvalue weighted by atomic mass is 10.1. The molecule has 3 aromatic carbocycles. The van der Waals surface area contributed by atoms with E-state index in [9.17, 15) is 19.7 Å². The Bertz CT molecular complexity index is 1390. The van der Waals surface area contributed by atoms with Crippen LogP contribution < -0.4 is 10.2 Å². The van der Waals surface area contributed by atoms with Crippen molar-refractivity contribution in [1.82, 2.24) is 0 Å². The number of non-ortho nitro benzene ring substituents is 1. The van der Waals surface area contributed by atoms with Gasteiger partial charge in [-0.3, -0.25) is 19.7 Å². The van der Waals surface area contributed by atoms with Gasteiger partial charge in [-0.15, -0.1) is 0 Å². The zero-order chi connectivity index (χ0) is 22.8. The fraction of sp³-hybridized carbons (Fsp3) is 0.0833. The molecule has 8 heteroatoms. The van der Waals surface area contributed by atoms with Crippen molar-refractivity contribution in [3.8, 4) is 17.1 Å². The summed E-state index contributed by atoms with van der Waals surface area (Å²) in [4.78, 5) is 36.0. The molecule has 0 aliphatic heterocycles. The van der Waals surface area contributed by atoms with E-state index in [1.165, 1.54) is 24.3 Å². The summed E-state index contributed by atoms with van der Waals surface area (Å²) in [6.07, 6.45) is 0. The molecule has 0 radical (unpaired) electrons. The zero-order valence-electron chi connectivity index (χ0n) is 16.8. The molecule has 0 spiro atoms. The van der Waals surface area contributed by atoms with Crippen molar-refractivity contribution in [2.75, 3.05) is 6.61 Å². The standard InChI is InChI=1S/C24H16ClNO6/c1-14-2-11-19-21(12-14)32-23(16-3-7-17(25)8-4-16)24(22(19)28)31-13-20(27)15-5-9-18(10-6-15)26(29)30/h2-12H,13H2,1H3. The first kappa shape index (κ1) is 21.3. The molecule has 160 valence electrons. The minimum Gasteiger partial charge on any atom is -0.478 e. The molecule has 0 amide bonds. The van der Waals surface area contributed by atoms with Gasteiger partial charge >= 0.3 is 0 Å². The Morgan fingerprint density at radius 2 is 1.75 bits per heavy atom. The molecule has 0 fully saturated rings. The molecule has 7 nitrogen and oxygen atoms in total. The van der Waals surface area contributed by atoms with Crippen molar-refractivity contribution in [3.63, 3.8) is 0 Å². The maximum Gasteiger partial charge on any atom is 0.269 e. The van der Waals surface area contributed by atoms with Crippen LogP contribution in [-0.2, 0) is 0 Å². The first-order chi connectivity index (χ1) is 15.3. The minimum atomic E-state index is -0.550. The van der Waals surface area contributed by atoms with Crippen molar-refractivity contribution in [1.29, 1.82) is 0 Å². The number of carbonyl (C=O) groups excluding carboxylic acids is 1. The number of ether oxygens (including phenoxy) is 1. The van der Waals surface area contributed by atoms with Crippen LogP contribution in [-0.4, -0.2) is 17.3 Å². The van der Waals surface area contributed by atoms with Gasteiger partial charge in [-0.25, -0.2) is 0 Å². The second kappa shape index (κ2) is 8.64. The van der Waals surface area contributed by atoms with E-state index in [-0.39, 0.29) is 22.8 Å². The highest BCUT2D eigenvalue weighted by molar-refractivity contribution is 6.30. The normalized spacial score (nSPS) is 10.8. The molecular formula is C24H16ClNO6. The third-order valence-electron chi connectivity index (χ3n) is 4.86. The summed E-state index contributed by atoms with van der Waals surface area (Å²) in [5.74, 6) is -0.356. The molecule has 0 aliphatic carbocycles. The number of nitrogens with zero attached hydrogens (tertiary/aromatic N) is 1. The Balaban J connectivity index is 1.72. The summed E-state index contributed by atoms with van der Waals surface area (Å²) in [6.45, 7) is 1.44. The minimum absolute atomic E-state index is 0.0982. The predicted octanol–water partition coefficient (Wildman–Crippen LogP) is 5.59. The molecule has 0 bridgehead atoms. The van der Waals surface area contributed by atoms with Gasteiger partial charge in [0.15, 0.2) is 18.2 Å². The third-order valence-corrected chi connectivity index (χ3v) is 5.11. The topological polar surface area (TPSA) is 99.7 Å². The Morgan fingerprint density at radius 1 is 1.06 bits per heavy atom. The average Bonchev–Trinajstić information content (AvgIpc) is 2.78. The summed E-state index contributed by atoms with van der Waals surface area (Å²) in [6, 6.07) is 17.0. The van der Waals surface area contributed by atoms with Crippen molar-refractivity contribution in [2.24, 2.45) is 0 Å². The Hall–Kier alpha value is -3.97. The Kier molecular flexibility index (Phi) is 5.75. The van der Waals surface area contributed by atoms with Crippen LogP contribution in [0, 0.1) is 17.0 Å². The molecular weight excluding hydrogens is 434 g/mol. The van der Waals surface area contributed by atoms with E-state index in [0.29, 0.717) is 21.6 Å². The van der Waals surface area contributed by atoms with Gasteiger partial charge in [0.05, 0.1) is 10.3 Å². The van der Waals surface area contributed by atoms with Crippen LogP contribution in [0.3, 0.4) is 0 Å². The van der Waals surface area contributed by atoms with Gasteiger partial charge in [-0.1, -0.05) is 17.7 Å². The quantitative estimate of drug-likeness (QED) is 0.216. The number of nitro groups is 1.